The van der Waals surface area contributed by atoms with E-state index in [4.69, 9.17) is 10.2 Å². The van der Waals surface area contributed by atoms with Crippen LogP contribution in [0.5, 0.6) is 5.75 Å². The number of fused-ring (bicyclic) bond motifs is 4. The number of Topliss-reactive ketones (excluding diaryl/α,β-unsaturated/α-hetero) is 2. The Morgan fingerprint density at radius 1 is 1.10 bits per heavy atom. The highest BCUT2D eigenvalue weighted by Crippen LogP contribution is 2.54. The zero-order chi connectivity index (χ0) is 28.0. The molecule has 0 aliphatic heterocycles. The van der Waals surface area contributed by atoms with Crippen molar-refractivity contribution in [3.8, 4) is 17.1 Å². The number of nitrogens with two attached hydrogens (primary N) is 1. The highest BCUT2D eigenvalue weighted by molar-refractivity contribution is 6.22. The van der Waals surface area contributed by atoms with Crippen LogP contribution in [0.15, 0.2) is 57.7 Å². The summed E-state index contributed by atoms with van der Waals surface area (Å²) in [6.45, 7) is 0. The van der Waals surface area contributed by atoms with Crippen LogP contribution in [0.1, 0.15) is 24.0 Å². The Morgan fingerprint density at radius 2 is 1.82 bits per heavy atom. The van der Waals surface area contributed by atoms with Crippen molar-refractivity contribution in [3.63, 3.8) is 0 Å². The van der Waals surface area contributed by atoms with Crippen molar-refractivity contribution in [3.05, 3.63) is 64.4 Å². The first kappa shape index (κ1) is 24.7. The molecule has 200 valence electrons. The number of amides is 1. The Bertz CT molecular complexity index is 1660. The fraction of sp³-hybridized carbons (Fsp3) is 0.276. The summed E-state index contributed by atoms with van der Waals surface area (Å²) in [6, 6.07) is 10.8. The molecule has 1 aromatic heterocycles. The Hall–Kier alpha value is -4.57. The molecule has 10 heteroatoms. The molecular weight excluding hydrogens is 504 g/mol. The predicted octanol–water partition coefficient (Wildman–Crippen LogP) is 2.90. The van der Waals surface area contributed by atoms with Crippen LogP contribution in [0, 0.1) is 11.8 Å². The summed E-state index contributed by atoms with van der Waals surface area (Å²) in [5, 5.41) is 46.0. The zero-order valence-electron chi connectivity index (χ0n) is 21.2. The maximum absolute atomic E-state index is 13.8. The molecule has 0 spiro atoms. The van der Waals surface area contributed by atoms with Crippen molar-refractivity contribution in [1.82, 2.24) is 0 Å². The molecule has 10 nitrogen and oxygen atoms in total. The minimum absolute atomic E-state index is 0.0174. The summed E-state index contributed by atoms with van der Waals surface area (Å²) < 4.78 is 5.97. The first-order chi connectivity index (χ1) is 18.4. The summed E-state index contributed by atoms with van der Waals surface area (Å²) >= 11 is 0. The van der Waals surface area contributed by atoms with Gasteiger partial charge in [0.1, 0.15) is 34.2 Å². The van der Waals surface area contributed by atoms with Crippen LogP contribution < -0.4 is 10.6 Å². The van der Waals surface area contributed by atoms with Gasteiger partial charge in [-0.15, -0.1) is 0 Å². The van der Waals surface area contributed by atoms with E-state index in [0.717, 1.165) is 5.39 Å². The molecular formula is C29H26N2O8. The number of nitrogens with zero attached hydrogens (tertiary/aromatic N) is 1. The van der Waals surface area contributed by atoms with E-state index >= 15 is 0 Å². The lowest BCUT2D eigenvalue weighted by atomic mass is 9.59. The molecule has 3 atom stereocenters. The monoisotopic (exact) mass is 530 g/mol. The number of hydrogen-bond donors (Lipinski definition) is 5. The smallest absolute Gasteiger partial charge is 0.255 e. The minimum Gasteiger partial charge on any atom is -0.508 e. The Kier molecular flexibility index (Phi) is 5.21. The van der Waals surface area contributed by atoms with Crippen LogP contribution in [0.2, 0.25) is 0 Å². The van der Waals surface area contributed by atoms with E-state index in [1.165, 1.54) is 0 Å². The van der Waals surface area contributed by atoms with E-state index in [9.17, 15) is 34.8 Å². The molecule has 0 radical (unpaired) electrons. The normalized spacial score (nSPS) is 24.5. The average Bonchev–Trinajstić information content (AvgIpc) is 3.30. The van der Waals surface area contributed by atoms with Gasteiger partial charge in [-0.2, -0.15) is 0 Å². The number of furan rings is 1. The molecule has 1 heterocycles. The predicted molar refractivity (Wildman–Crippen MR) is 141 cm³/mol. The van der Waals surface area contributed by atoms with Crippen molar-refractivity contribution in [2.45, 2.75) is 24.9 Å². The van der Waals surface area contributed by atoms with Crippen molar-refractivity contribution in [2.75, 3.05) is 19.0 Å². The third-order valence-corrected chi connectivity index (χ3v) is 8.21. The zero-order valence-corrected chi connectivity index (χ0v) is 21.2. The minimum atomic E-state index is -2.61. The number of primary amides is 1. The Morgan fingerprint density at radius 3 is 2.49 bits per heavy atom. The third-order valence-electron chi connectivity index (χ3n) is 8.21. The largest absolute Gasteiger partial charge is 0.508 e. The highest BCUT2D eigenvalue weighted by atomic mass is 16.4. The van der Waals surface area contributed by atoms with Gasteiger partial charge in [-0.25, -0.2) is 0 Å². The van der Waals surface area contributed by atoms with Crippen molar-refractivity contribution < 1.29 is 39.2 Å². The number of phenols is 1. The van der Waals surface area contributed by atoms with Gasteiger partial charge in [0.25, 0.3) is 5.91 Å². The second-order valence-electron chi connectivity index (χ2n) is 10.6. The average molecular weight is 531 g/mol. The van der Waals surface area contributed by atoms with Crippen LogP contribution in [0.4, 0.5) is 5.69 Å². The molecule has 1 amide bonds. The molecule has 3 aromatic rings. The second-order valence-corrected chi connectivity index (χ2v) is 10.6. The van der Waals surface area contributed by atoms with Crippen molar-refractivity contribution in [1.29, 1.82) is 0 Å². The Labute approximate surface area is 222 Å². The van der Waals surface area contributed by atoms with Crippen LogP contribution in [-0.2, 0) is 20.8 Å². The summed E-state index contributed by atoms with van der Waals surface area (Å²) in [7, 11) is 3.62. The number of hydrogen-bond acceptors (Lipinski definition) is 9. The van der Waals surface area contributed by atoms with Gasteiger partial charge in [-0.1, -0.05) is 18.2 Å². The Balaban J connectivity index is 1.58. The highest BCUT2D eigenvalue weighted by Gasteiger charge is 2.60. The van der Waals surface area contributed by atoms with E-state index in [0.29, 0.717) is 28.2 Å². The van der Waals surface area contributed by atoms with Crippen LogP contribution in [0.3, 0.4) is 0 Å². The fourth-order valence-corrected chi connectivity index (χ4v) is 6.37. The first-order valence-electron chi connectivity index (χ1n) is 12.5. The molecule has 1 saturated carbocycles. The van der Waals surface area contributed by atoms with Gasteiger partial charge in [0.05, 0.1) is 11.1 Å². The van der Waals surface area contributed by atoms with E-state index in [1.807, 2.05) is 37.2 Å². The van der Waals surface area contributed by atoms with Crippen LogP contribution in [-0.4, -0.2) is 57.6 Å². The summed E-state index contributed by atoms with van der Waals surface area (Å²) in [5.74, 6) is -6.26. The second kappa shape index (κ2) is 8.21. The molecule has 2 aromatic carbocycles. The van der Waals surface area contributed by atoms with Gasteiger partial charge in [0.2, 0.25) is 5.78 Å². The number of rotatable bonds is 3. The molecule has 0 unspecified atom stereocenters. The van der Waals surface area contributed by atoms with Gasteiger partial charge in [0.15, 0.2) is 11.4 Å². The standard InChI is InChI=1S/C29H26N2O8/c1-31(2)17-11-16(20-9-12-5-3-4-6-19(12)39-20)24(33)22-15(17)8-13-7-14-10-18(32)23(28(30)37)27(36)29(14,38)26(35)21(13)25(22)34/h3-6,9,11,13-14,33-34,36,38H,7-8,10H2,1-2H3,(H2,30,37)/t13-,14+,29+/m1/s1. The van der Waals surface area contributed by atoms with Crippen LogP contribution in [0.25, 0.3) is 28.1 Å². The number of aromatic hydroxyl groups is 1. The van der Waals surface area contributed by atoms with Gasteiger partial charge < -0.3 is 35.5 Å². The SMILES string of the molecule is CN(C)c1cc(-c2cc3ccccc3o2)c(O)c2c1C[C@H]1C[C@H]3CC(=O)C(C(N)=O)=C(O)[C@@]3(O)C(=O)C1=C2O. The fourth-order valence-electron chi connectivity index (χ4n) is 6.37. The number of para-hydroxylation sites is 1. The van der Waals surface area contributed by atoms with E-state index in [-0.39, 0.29) is 36.1 Å². The number of carbonyl (C=O) groups excluding carboxylic acids is 3. The van der Waals surface area contributed by atoms with Gasteiger partial charge >= 0.3 is 0 Å². The summed E-state index contributed by atoms with van der Waals surface area (Å²) in [6.07, 6.45) is -0.0729. The molecule has 6 N–H and O–H groups in total. The van der Waals surface area contributed by atoms with Gasteiger partial charge in [0, 0.05) is 43.1 Å². The van der Waals surface area contributed by atoms with Gasteiger partial charge in [-0.3, -0.25) is 14.4 Å². The lowest BCUT2D eigenvalue weighted by Crippen LogP contribution is -2.58. The molecule has 0 saturated heterocycles. The first-order valence-corrected chi connectivity index (χ1v) is 12.5. The number of benzene rings is 2. The number of ketones is 2. The summed E-state index contributed by atoms with van der Waals surface area (Å²) in [5.41, 5.74) is 3.82. The van der Waals surface area contributed by atoms with Crippen LogP contribution >= 0.6 is 0 Å². The number of anilines is 1. The molecule has 3 aliphatic rings. The maximum Gasteiger partial charge on any atom is 0.255 e. The molecule has 6 rings (SSSR count). The van der Waals surface area contributed by atoms with E-state index < -0.39 is 52.0 Å². The van der Waals surface area contributed by atoms with Crippen molar-refractivity contribution >= 4 is 39.9 Å². The number of aliphatic hydroxyl groups excluding tert-OH is 2. The van der Waals surface area contributed by atoms with E-state index in [1.54, 1.807) is 18.2 Å². The molecule has 1 fully saturated rings. The topological polar surface area (TPSA) is 175 Å². The quantitative estimate of drug-likeness (QED) is 0.319. The number of aliphatic hydroxyl groups is 3. The van der Waals surface area contributed by atoms with Gasteiger partial charge in [-0.05, 0) is 42.5 Å². The lowest BCUT2D eigenvalue weighted by Gasteiger charge is -2.46. The number of carbonyl (C=O) groups is 3. The van der Waals surface area contributed by atoms with Crippen molar-refractivity contribution in [2.24, 2.45) is 17.6 Å². The lowest BCUT2D eigenvalue weighted by molar-refractivity contribution is -0.147. The maximum atomic E-state index is 13.8. The molecule has 0 bridgehead atoms. The number of phenolic OH excluding ortho intramolecular Hbond substituents is 1. The van der Waals surface area contributed by atoms with E-state index in [2.05, 4.69) is 0 Å². The molecule has 39 heavy (non-hydrogen) atoms. The summed E-state index contributed by atoms with van der Waals surface area (Å²) in [4.78, 5) is 40.0. The molecule has 3 aliphatic carbocycles. The third kappa shape index (κ3) is 3.27.